The summed E-state index contributed by atoms with van der Waals surface area (Å²) in [4.78, 5) is 45.8. The molecule has 7 heteroatoms. The molecule has 0 bridgehead atoms. The molecular formula is C34H23ClFNO4. The molecule has 202 valence electrons. The van der Waals surface area contributed by atoms with Crippen LogP contribution in [-0.2, 0) is 0 Å². The summed E-state index contributed by atoms with van der Waals surface area (Å²) in [6, 6.07) is 23.1. The molecular weight excluding hydrogens is 541 g/mol. The van der Waals surface area contributed by atoms with E-state index in [2.05, 4.69) is 0 Å². The van der Waals surface area contributed by atoms with Gasteiger partial charge in [-0.25, -0.2) is 4.39 Å². The highest BCUT2D eigenvalue weighted by Gasteiger charge is 2.71. The van der Waals surface area contributed by atoms with E-state index in [1.807, 2.05) is 4.90 Å². The predicted octanol–water partition coefficient (Wildman–Crippen LogP) is 6.80. The Balaban J connectivity index is 1.56. The minimum absolute atomic E-state index is 0.308. The van der Waals surface area contributed by atoms with Crippen LogP contribution in [-0.4, -0.2) is 36.5 Å². The molecule has 0 aromatic heterocycles. The van der Waals surface area contributed by atoms with Gasteiger partial charge in [0.15, 0.2) is 17.3 Å². The van der Waals surface area contributed by atoms with Crippen molar-refractivity contribution in [3.63, 3.8) is 0 Å². The quantitative estimate of drug-likeness (QED) is 0.202. The first-order valence-electron chi connectivity index (χ1n) is 13.3. The number of benzene rings is 4. The molecule has 5 nitrogen and oxygen atoms in total. The molecule has 4 aromatic carbocycles. The molecule has 41 heavy (non-hydrogen) atoms. The summed E-state index contributed by atoms with van der Waals surface area (Å²) in [5.41, 5.74) is 0.952. The Labute approximate surface area is 240 Å². The first kappa shape index (κ1) is 25.4. The molecule has 0 N–H and O–H groups in total. The molecule has 0 saturated carbocycles. The van der Waals surface area contributed by atoms with Gasteiger partial charge >= 0.3 is 0 Å². The number of rotatable bonds is 4. The minimum Gasteiger partial charge on any atom is -0.497 e. The van der Waals surface area contributed by atoms with E-state index >= 15 is 0 Å². The Bertz CT molecular complexity index is 1780. The summed E-state index contributed by atoms with van der Waals surface area (Å²) in [5.74, 6) is -1.90. The monoisotopic (exact) mass is 563 g/mol. The lowest BCUT2D eigenvalue weighted by Crippen LogP contribution is -2.48. The van der Waals surface area contributed by atoms with E-state index in [-0.39, 0.29) is 17.3 Å². The molecule has 4 aromatic rings. The van der Waals surface area contributed by atoms with Crippen molar-refractivity contribution in [3.05, 3.63) is 136 Å². The number of hydrogen-bond donors (Lipinski definition) is 0. The van der Waals surface area contributed by atoms with Gasteiger partial charge in [-0.1, -0.05) is 78.4 Å². The Morgan fingerprint density at radius 2 is 1.61 bits per heavy atom. The average molecular weight is 564 g/mol. The smallest absolute Gasteiger partial charge is 0.186 e. The van der Waals surface area contributed by atoms with E-state index in [4.69, 9.17) is 16.3 Å². The molecule has 3 aliphatic rings. The largest absolute Gasteiger partial charge is 0.497 e. The van der Waals surface area contributed by atoms with E-state index in [1.165, 1.54) is 19.2 Å². The zero-order chi connectivity index (χ0) is 28.5. The Kier molecular flexibility index (Phi) is 5.73. The molecule has 1 fully saturated rings. The van der Waals surface area contributed by atoms with Crippen LogP contribution in [0, 0.1) is 11.2 Å². The molecule has 1 aliphatic carbocycles. The topological polar surface area (TPSA) is 63.7 Å². The highest BCUT2D eigenvalue weighted by Crippen LogP contribution is 2.61. The summed E-state index contributed by atoms with van der Waals surface area (Å²) in [6.07, 6.45) is 3.49. The number of ether oxygens (including phenoxy) is 1. The third-order valence-corrected chi connectivity index (χ3v) is 8.97. The number of fused-ring (bicyclic) bond motifs is 5. The van der Waals surface area contributed by atoms with Crippen LogP contribution in [0.15, 0.2) is 97.1 Å². The Hall–Kier alpha value is -4.55. The van der Waals surface area contributed by atoms with Crippen LogP contribution in [0.2, 0.25) is 5.02 Å². The number of ketones is 3. The molecule has 7 rings (SSSR count). The van der Waals surface area contributed by atoms with Crippen LogP contribution in [0.25, 0.3) is 6.08 Å². The van der Waals surface area contributed by atoms with Gasteiger partial charge in [0.2, 0.25) is 0 Å². The standard InChI is InChI=1S/C34H23ClFNO4/c1-41-22-8-6-7-20(18-22)31(38)30-29(25-11-4-5-12-26(25)35)34(32(39)23-9-2-3-10-24(23)33(34)40)28-16-13-19-17-21(36)14-15-27(19)37(28)30/h2-18,28-30H,1H3. The second-order valence-corrected chi connectivity index (χ2v) is 10.9. The van der Waals surface area contributed by atoms with E-state index in [0.717, 1.165) is 0 Å². The Morgan fingerprint density at radius 1 is 0.902 bits per heavy atom. The maximum absolute atomic E-state index is 14.7. The van der Waals surface area contributed by atoms with Gasteiger partial charge in [-0.3, -0.25) is 14.4 Å². The van der Waals surface area contributed by atoms with Crippen molar-refractivity contribution in [1.29, 1.82) is 0 Å². The van der Waals surface area contributed by atoms with Crippen LogP contribution >= 0.6 is 11.6 Å². The van der Waals surface area contributed by atoms with Gasteiger partial charge in [0, 0.05) is 38.9 Å². The van der Waals surface area contributed by atoms with Crippen molar-refractivity contribution >= 4 is 40.7 Å². The normalized spacial score (nSPS) is 21.5. The molecule has 1 spiro atoms. The summed E-state index contributed by atoms with van der Waals surface area (Å²) >= 11 is 6.81. The van der Waals surface area contributed by atoms with E-state index in [0.29, 0.717) is 44.3 Å². The SMILES string of the molecule is COc1cccc(C(=O)C2C(c3ccccc3Cl)C3(C(=O)c4ccccc4C3=O)C3C=Cc4cc(F)ccc4N23)c1. The highest BCUT2D eigenvalue weighted by molar-refractivity contribution is 6.34. The van der Waals surface area contributed by atoms with E-state index in [1.54, 1.807) is 91.0 Å². The van der Waals surface area contributed by atoms with Gasteiger partial charge in [0.05, 0.1) is 13.2 Å². The van der Waals surface area contributed by atoms with Crippen LogP contribution in [0.4, 0.5) is 10.1 Å². The Morgan fingerprint density at radius 3 is 2.32 bits per heavy atom. The van der Waals surface area contributed by atoms with Gasteiger partial charge in [0.25, 0.3) is 0 Å². The van der Waals surface area contributed by atoms with Crippen LogP contribution in [0.5, 0.6) is 5.75 Å². The molecule has 3 atom stereocenters. The second kappa shape index (κ2) is 9.25. The van der Waals surface area contributed by atoms with Crippen molar-refractivity contribution in [2.75, 3.05) is 12.0 Å². The number of halogens is 2. The first-order valence-corrected chi connectivity index (χ1v) is 13.6. The van der Waals surface area contributed by atoms with Gasteiger partial charge in [0.1, 0.15) is 23.0 Å². The summed E-state index contributed by atoms with van der Waals surface area (Å²) < 4.78 is 19.8. The second-order valence-electron chi connectivity index (χ2n) is 10.5. The van der Waals surface area contributed by atoms with E-state index in [9.17, 15) is 18.8 Å². The number of carbonyl (C=O) groups is 3. The molecule has 2 heterocycles. The maximum atomic E-state index is 14.7. The maximum Gasteiger partial charge on any atom is 0.186 e. The third-order valence-electron chi connectivity index (χ3n) is 8.63. The van der Waals surface area contributed by atoms with Crippen molar-refractivity contribution in [2.24, 2.45) is 5.41 Å². The number of anilines is 1. The number of nitrogens with zero attached hydrogens (tertiary/aromatic N) is 1. The highest BCUT2D eigenvalue weighted by atomic mass is 35.5. The lowest BCUT2D eigenvalue weighted by atomic mass is 9.64. The summed E-state index contributed by atoms with van der Waals surface area (Å²) in [7, 11) is 1.52. The molecule has 0 radical (unpaired) electrons. The van der Waals surface area contributed by atoms with E-state index < -0.39 is 29.2 Å². The lowest BCUT2D eigenvalue weighted by molar-refractivity contribution is 0.0666. The van der Waals surface area contributed by atoms with Gasteiger partial charge < -0.3 is 9.64 Å². The van der Waals surface area contributed by atoms with Gasteiger partial charge in [-0.2, -0.15) is 0 Å². The van der Waals surface area contributed by atoms with Crippen molar-refractivity contribution in [2.45, 2.75) is 18.0 Å². The zero-order valence-corrected chi connectivity index (χ0v) is 22.6. The minimum atomic E-state index is -1.68. The third kappa shape index (κ3) is 3.44. The summed E-state index contributed by atoms with van der Waals surface area (Å²) in [6.45, 7) is 0. The van der Waals surface area contributed by atoms with Crippen LogP contribution in [0.3, 0.4) is 0 Å². The summed E-state index contributed by atoms with van der Waals surface area (Å²) in [5, 5.41) is 0.347. The fraction of sp³-hybridized carbons (Fsp3) is 0.147. The first-order chi connectivity index (χ1) is 19.9. The fourth-order valence-electron chi connectivity index (χ4n) is 6.97. The number of hydrogen-bond acceptors (Lipinski definition) is 5. The molecule has 3 unspecified atom stereocenters. The van der Waals surface area contributed by atoms with Gasteiger partial charge in [-0.15, -0.1) is 0 Å². The van der Waals surface area contributed by atoms with Crippen LogP contribution in [0.1, 0.15) is 48.1 Å². The van der Waals surface area contributed by atoms with Crippen molar-refractivity contribution < 1.29 is 23.5 Å². The number of Topliss-reactive ketones (excluding diaryl/α,β-unsaturated/α-hetero) is 3. The van der Waals surface area contributed by atoms with Crippen molar-refractivity contribution in [1.82, 2.24) is 0 Å². The lowest BCUT2D eigenvalue weighted by Gasteiger charge is -2.37. The molecule has 0 amide bonds. The van der Waals surface area contributed by atoms with Crippen molar-refractivity contribution in [3.8, 4) is 5.75 Å². The fourth-order valence-corrected chi connectivity index (χ4v) is 7.22. The van der Waals surface area contributed by atoms with Crippen LogP contribution < -0.4 is 9.64 Å². The van der Waals surface area contributed by atoms with Gasteiger partial charge in [-0.05, 0) is 42.0 Å². The zero-order valence-electron chi connectivity index (χ0n) is 21.9. The number of carbonyl (C=O) groups excluding carboxylic acids is 3. The average Bonchev–Trinajstić information content (AvgIpc) is 3.43. The molecule has 2 aliphatic heterocycles. The predicted molar refractivity (Wildman–Crippen MR) is 155 cm³/mol. The molecule has 1 saturated heterocycles. The number of methoxy groups -OCH3 is 1.